The van der Waals surface area contributed by atoms with E-state index in [2.05, 4.69) is 4.98 Å². The zero-order valence-electron chi connectivity index (χ0n) is 9.73. The molecule has 1 heterocycles. The van der Waals surface area contributed by atoms with Gasteiger partial charge in [0.05, 0.1) is 11.9 Å². The Morgan fingerprint density at radius 1 is 1.53 bits per heavy atom. The zero-order valence-corrected chi connectivity index (χ0v) is 9.73. The molecule has 17 heavy (non-hydrogen) atoms. The fourth-order valence-electron chi connectivity index (χ4n) is 1.45. The van der Waals surface area contributed by atoms with E-state index in [1.807, 2.05) is 0 Å². The molecule has 1 rings (SSSR count). The van der Waals surface area contributed by atoms with Crippen molar-refractivity contribution in [1.29, 1.82) is 0 Å². The van der Waals surface area contributed by atoms with Crippen LogP contribution in [0, 0.1) is 5.95 Å². The lowest BCUT2D eigenvalue weighted by atomic mass is 10.0. The monoisotopic (exact) mass is 239 g/mol. The normalized spacial score (nSPS) is 11.1. The molecule has 0 saturated heterocycles. The summed E-state index contributed by atoms with van der Waals surface area (Å²) >= 11 is 0. The molecule has 0 fully saturated rings. The number of hydrogen-bond acceptors (Lipinski definition) is 4. The van der Waals surface area contributed by atoms with Crippen molar-refractivity contribution in [1.82, 2.24) is 4.98 Å². The van der Waals surface area contributed by atoms with Crippen molar-refractivity contribution < 1.29 is 19.1 Å². The number of nitrogens with zero attached hydrogens (tertiary/aromatic N) is 2. The number of rotatable bonds is 2. The molecule has 92 valence electrons. The number of hydrogen-bond donors (Lipinski definition) is 0. The number of anilines is 1. The summed E-state index contributed by atoms with van der Waals surface area (Å²) in [5.74, 6) is -0.844. The summed E-state index contributed by atoms with van der Waals surface area (Å²) in [6.45, 7) is 4.88. The van der Waals surface area contributed by atoms with Gasteiger partial charge in [-0.3, -0.25) is 4.79 Å². The summed E-state index contributed by atoms with van der Waals surface area (Å²) in [6.07, 6.45) is -0.101. The first-order valence-electron chi connectivity index (χ1n) is 4.89. The van der Waals surface area contributed by atoms with Crippen molar-refractivity contribution in [3.05, 3.63) is 23.8 Å². The molecule has 0 aliphatic carbocycles. The van der Waals surface area contributed by atoms with Crippen LogP contribution in [-0.2, 0) is 0 Å². The second-order valence-electron chi connectivity index (χ2n) is 4.46. The number of amides is 1. The van der Waals surface area contributed by atoms with Gasteiger partial charge in [-0.25, -0.2) is 4.98 Å². The molecule has 0 radical (unpaired) electrons. The number of halogens is 1. The Morgan fingerprint density at radius 2 is 2.12 bits per heavy atom. The standard InChI is InChI=1S/C11H13FN2O3/c1-11(2,3)14(10(16)17)8-5-13-9(12)4-7(8)6-15/h4-6H,1-3H3,(H,16,17)/p-1. The highest BCUT2D eigenvalue weighted by atomic mass is 19.1. The van der Waals surface area contributed by atoms with E-state index < -0.39 is 17.6 Å². The molecular weight excluding hydrogens is 227 g/mol. The molecule has 0 aromatic carbocycles. The number of pyridine rings is 1. The minimum atomic E-state index is -1.48. The highest BCUT2D eigenvalue weighted by Gasteiger charge is 2.25. The number of carbonyl (C=O) groups excluding carboxylic acids is 2. The van der Waals surface area contributed by atoms with Crippen LogP contribution in [-0.4, -0.2) is 22.9 Å². The van der Waals surface area contributed by atoms with E-state index in [9.17, 15) is 19.1 Å². The summed E-state index contributed by atoms with van der Waals surface area (Å²) in [4.78, 5) is 26.1. The largest absolute Gasteiger partial charge is 0.530 e. The quantitative estimate of drug-likeness (QED) is 0.569. The van der Waals surface area contributed by atoms with Crippen molar-refractivity contribution in [3.8, 4) is 0 Å². The molecule has 5 nitrogen and oxygen atoms in total. The van der Waals surface area contributed by atoms with Gasteiger partial charge in [-0.15, -0.1) is 0 Å². The van der Waals surface area contributed by atoms with Crippen LogP contribution in [0.15, 0.2) is 12.3 Å². The lowest BCUT2D eigenvalue weighted by molar-refractivity contribution is -0.247. The maximum absolute atomic E-state index is 12.8. The maximum Gasteiger partial charge on any atom is 0.213 e. The van der Waals surface area contributed by atoms with Gasteiger partial charge in [-0.1, -0.05) is 0 Å². The first-order chi connectivity index (χ1) is 7.77. The first-order valence-corrected chi connectivity index (χ1v) is 4.89. The van der Waals surface area contributed by atoms with E-state index in [0.717, 1.165) is 17.2 Å². The second kappa shape index (κ2) is 4.48. The van der Waals surface area contributed by atoms with Crippen LogP contribution >= 0.6 is 0 Å². The number of aromatic nitrogens is 1. The summed E-state index contributed by atoms with van der Waals surface area (Å²) in [5.41, 5.74) is -0.902. The number of carbonyl (C=O) groups is 2. The molecule has 0 N–H and O–H groups in total. The Bertz CT molecular complexity index is 455. The van der Waals surface area contributed by atoms with Crippen molar-refractivity contribution >= 4 is 18.1 Å². The third kappa shape index (κ3) is 2.77. The summed E-state index contributed by atoms with van der Waals surface area (Å²) in [6, 6.07) is 0.879. The maximum atomic E-state index is 12.8. The van der Waals surface area contributed by atoms with Crippen LogP contribution in [0.2, 0.25) is 0 Å². The fraction of sp³-hybridized carbons (Fsp3) is 0.364. The van der Waals surface area contributed by atoms with E-state index in [4.69, 9.17) is 0 Å². The predicted molar refractivity (Wildman–Crippen MR) is 57.2 cm³/mol. The van der Waals surface area contributed by atoms with E-state index in [0.29, 0.717) is 6.29 Å². The zero-order chi connectivity index (χ0) is 13.2. The lowest BCUT2D eigenvalue weighted by Crippen LogP contribution is -2.52. The molecule has 1 aromatic heterocycles. The van der Waals surface area contributed by atoms with E-state index in [-0.39, 0.29) is 11.3 Å². The fourth-order valence-corrected chi connectivity index (χ4v) is 1.45. The summed E-state index contributed by atoms with van der Waals surface area (Å²) in [5, 5.41) is 11.1. The van der Waals surface area contributed by atoms with Gasteiger partial charge >= 0.3 is 0 Å². The van der Waals surface area contributed by atoms with Crippen LogP contribution in [0.5, 0.6) is 0 Å². The molecule has 0 unspecified atom stereocenters. The Hall–Kier alpha value is -1.98. The van der Waals surface area contributed by atoms with E-state index in [1.165, 1.54) is 0 Å². The molecule has 0 saturated carbocycles. The van der Waals surface area contributed by atoms with Crippen LogP contribution in [0.3, 0.4) is 0 Å². The molecular formula is C11H12FN2O3-. The molecule has 1 aromatic rings. The van der Waals surface area contributed by atoms with Gasteiger partial charge in [0.2, 0.25) is 5.95 Å². The predicted octanol–water partition coefficient (Wildman–Crippen LogP) is 0.981. The third-order valence-corrected chi connectivity index (χ3v) is 2.10. The Balaban J connectivity index is 3.38. The highest BCUT2D eigenvalue weighted by Crippen LogP contribution is 2.25. The Labute approximate surface area is 97.9 Å². The van der Waals surface area contributed by atoms with Gasteiger partial charge in [0.1, 0.15) is 6.09 Å². The SMILES string of the molecule is CC(C)(C)N(C(=O)[O-])c1cnc(F)cc1C=O. The topological polar surface area (TPSA) is 73.3 Å². The van der Waals surface area contributed by atoms with E-state index in [1.54, 1.807) is 20.8 Å². The van der Waals surface area contributed by atoms with Crippen molar-refractivity contribution in [2.24, 2.45) is 0 Å². The van der Waals surface area contributed by atoms with Gasteiger partial charge < -0.3 is 14.8 Å². The molecule has 0 atom stereocenters. The number of aldehydes is 1. The van der Waals surface area contributed by atoms with Gasteiger partial charge in [-0.05, 0) is 20.8 Å². The minimum Gasteiger partial charge on any atom is -0.530 e. The average molecular weight is 239 g/mol. The van der Waals surface area contributed by atoms with Crippen LogP contribution < -0.4 is 10.0 Å². The smallest absolute Gasteiger partial charge is 0.213 e. The van der Waals surface area contributed by atoms with Gasteiger partial charge in [-0.2, -0.15) is 4.39 Å². The van der Waals surface area contributed by atoms with Gasteiger partial charge in [0, 0.05) is 17.2 Å². The molecule has 6 heteroatoms. The average Bonchev–Trinajstić information content (AvgIpc) is 2.17. The molecule has 0 aliphatic heterocycles. The Morgan fingerprint density at radius 3 is 2.53 bits per heavy atom. The van der Waals surface area contributed by atoms with E-state index >= 15 is 0 Å². The van der Waals surface area contributed by atoms with Crippen LogP contribution in [0.25, 0.3) is 0 Å². The summed E-state index contributed by atoms with van der Waals surface area (Å²) < 4.78 is 12.8. The molecule has 0 aliphatic rings. The molecule has 0 spiro atoms. The minimum absolute atomic E-state index is 0.00824. The Kier molecular flexibility index (Phi) is 3.45. The summed E-state index contributed by atoms with van der Waals surface area (Å²) in [7, 11) is 0. The van der Waals surface area contributed by atoms with Gasteiger partial charge in [0.25, 0.3) is 0 Å². The highest BCUT2D eigenvalue weighted by molar-refractivity contribution is 5.94. The van der Waals surface area contributed by atoms with Crippen molar-refractivity contribution in [2.45, 2.75) is 26.3 Å². The second-order valence-corrected chi connectivity index (χ2v) is 4.46. The van der Waals surface area contributed by atoms with Crippen molar-refractivity contribution in [3.63, 3.8) is 0 Å². The van der Waals surface area contributed by atoms with Gasteiger partial charge in [0.15, 0.2) is 6.29 Å². The lowest BCUT2D eigenvalue weighted by Gasteiger charge is -2.38. The number of carboxylic acid groups (broad SMARTS) is 1. The molecule has 1 amide bonds. The van der Waals surface area contributed by atoms with Crippen LogP contribution in [0.1, 0.15) is 31.1 Å². The van der Waals surface area contributed by atoms with Crippen molar-refractivity contribution in [2.75, 3.05) is 4.90 Å². The molecule has 0 bridgehead atoms. The first kappa shape index (κ1) is 13.1. The van der Waals surface area contributed by atoms with Crippen LogP contribution in [0.4, 0.5) is 14.9 Å². The third-order valence-electron chi connectivity index (χ3n) is 2.10.